The molecule has 1 aromatic heterocycles. The first-order valence-electron chi connectivity index (χ1n) is 8.03. The number of rotatable bonds is 4. The summed E-state index contributed by atoms with van der Waals surface area (Å²) in [5, 5.41) is 0.629. The van der Waals surface area contributed by atoms with Crippen molar-refractivity contribution in [3.05, 3.63) is 53.7 Å². The molecule has 7 heteroatoms. The number of hydrogen-bond acceptors (Lipinski definition) is 5. The lowest BCUT2D eigenvalue weighted by Gasteiger charge is -2.24. The molecule has 0 unspecified atom stereocenters. The summed E-state index contributed by atoms with van der Waals surface area (Å²) in [7, 11) is -1.37. The summed E-state index contributed by atoms with van der Waals surface area (Å²) < 4.78 is 23.4. The Bertz CT molecular complexity index is 879. The monoisotopic (exact) mass is 376 g/mol. The Morgan fingerprint density at radius 2 is 1.96 bits per heavy atom. The fraction of sp³-hybridized carbons (Fsp3) is 0.333. The summed E-state index contributed by atoms with van der Waals surface area (Å²) >= 11 is 1.43. The van der Waals surface area contributed by atoms with Gasteiger partial charge in [-0.25, -0.2) is 13.4 Å². The van der Waals surface area contributed by atoms with E-state index in [1.54, 1.807) is 30.3 Å². The van der Waals surface area contributed by atoms with Gasteiger partial charge in [0.2, 0.25) is 0 Å². The Morgan fingerprint density at radius 1 is 1.24 bits per heavy atom. The van der Waals surface area contributed by atoms with Crippen molar-refractivity contribution in [2.24, 2.45) is 0 Å². The molecule has 0 spiro atoms. The third-order valence-electron chi connectivity index (χ3n) is 4.31. The Balaban J connectivity index is 1.82. The molecule has 0 aliphatic carbocycles. The molecule has 2 aromatic rings. The van der Waals surface area contributed by atoms with Gasteiger partial charge in [-0.15, -0.1) is 0 Å². The van der Waals surface area contributed by atoms with Gasteiger partial charge in [0.15, 0.2) is 9.84 Å². The molecule has 3 rings (SSSR count). The number of benzene rings is 1. The highest BCUT2D eigenvalue weighted by molar-refractivity contribution is 7.99. The van der Waals surface area contributed by atoms with E-state index in [2.05, 4.69) is 4.98 Å². The Hall–Kier alpha value is -1.86. The molecule has 0 radical (unpaired) electrons. The molecular weight excluding hydrogens is 356 g/mol. The molecule has 1 saturated heterocycles. The molecule has 132 valence electrons. The first-order valence-corrected chi connectivity index (χ1v) is 10.7. The van der Waals surface area contributed by atoms with Crippen molar-refractivity contribution in [2.45, 2.75) is 29.3 Å². The van der Waals surface area contributed by atoms with Crippen molar-refractivity contribution in [3.8, 4) is 0 Å². The molecule has 1 aromatic carbocycles. The predicted octanol–water partition coefficient (Wildman–Crippen LogP) is 2.80. The molecule has 1 atom stereocenters. The van der Waals surface area contributed by atoms with Crippen LogP contribution in [0, 0.1) is 6.92 Å². The lowest BCUT2D eigenvalue weighted by Crippen LogP contribution is -2.38. The van der Waals surface area contributed by atoms with Crippen LogP contribution >= 0.6 is 11.8 Å². The average molecular weight is 377 g/mol. The van der Waals surface area contributed by atoms with Gasteiger partial charge in [0, 0.05) is 24.2 Å². The maximum Gasteiger partial charge on any atom is 0.256 e. The fourth-order valence-corrected chi connectivity index (χ4v) is 5.44. The van der Waals surface area contributed by atoms with Crippen molar-refractivity contribution < 1.29 is 13.2 Å². The standard InChI is InChI=1S/C18H20N2O3S2/c1-13-5-7-15(8-6-13)24-17-16(4-3-10-19-17)18(21)20(2)14-9-11-25(22,23)12-14/h3-8,10,14H,9,11-12H2,1-2H3/t14-/m0/s1. The van der Waals surface area contributed by atoms with Crippen LogP contribution in [0.1, 0.15) is 22.3 Å². The van der Waals surface area contributed by atoms with Crippen LogP contribution in [0.15, 0.2) is 52.5 Å². The summed E-state index contributed by atoms with van der Waals surface area (Å²) in [6.45, 7) is 2.02. The fourth-order valence-electron chi connectivity index (χ4n) is 2.79. The molecule has 1 aliphatic rings. The highest BCUT2D eigenvalue weighted by atomic mass is 32.2. The smallest absolute Gasteiger partial charge is 0.256 e. The quantitative estimate of drug-likeness (QED) is 0.821. The van der Waals surface area contributed by atoms with E-state index in [4.69, 9.17) is 0 Å². The minimum atomic E-state index is -3.03. The molecule has 1 amide bonds. The summed E-state index contributed by atoms with van der Waals surface area (Å²) in [5.41, 5.74) is 1.67. The van der Waals surface area contributed by atoms with Crippen molar-refractivity contribution in [1.29, 1.82) is 0 Å². The number of carbonyl (C=O) groups is 1. The van der Waals surface area contributed by atoms with E-state index in [1.807, 2.05) is 31.2 Å². The minimum absolute atomic E-state index is 0.0376. The van der Waals surface area contributed by atoms with Crippen LogP contribution in [0.2, 0.25) is 0 Å². The number of nitrogens with zero attached hydrogens (tertiary/aromatic N) is 2. The Morgan fingerprint density at radius 3 is 2.60 bits per heavy atom. The van der Waals surface area contributed by atoms with Crippen molar-refractivity contribution in [3.63, 3.8) is 0 Å². The molecule has 1 aliphatic heterocycles. The largest absolute Gasteiger partial charge is 0.338 e. The lowest BCUT2D eigenvalue weighted by molar-refractivity contribution is 0.0743. The number of amides is 1. The highest BCUT2D eigenvalue weighted by Gasteiger charge is 2.33. The average Bonchev–Trinajstić information content (AvgIpc) is 2.96. The van der Waals surface area contributed by atoms with Crippen LogP contribution in [0.5, 0.6) is 0 Å². The van der Waals surface area contributed by atoms with Gasteiger partial charge in [0.25, 0.3) is 5.91 Å². The molecule has 0 N–H and O–H groups in total. The second-order valence-electron chi connectivity index (χ2n) is 6.24. The van der Waals surface area contributed by atoms with Gasteiger partial charge in [0.05, 0.1) is 17.1 Å². The summed E-state index contributed by atoms with van der Waals surface area (Å²) in [6.07, 6.45) is 2.15. The van der Waals surface area contributed by atoms with Crippen LogP contribution in [0.4, 0.5) is 0 Å². The first-order chi connectivity index (χ1) is 11.9. The Kier molecular flexibility index (Phi) is 5.15. The van der Waals surface area contributed by atoms with Gasteiger partial charge < -0.3 is 4.90 Å². The summed E-state index contributed by atoms with van der Waals surface area (Å²) in [6, 6.07) is 11.2. The predicted molar refractivity (Wildman–Crippen MR) is 98.7 cm³/mol. The second kappa shape index (κ2) is 7.17. The molecular formula is C18H20N2O3S2. The number of carbonyl (C=O) groups excluding carboxylic acids is 1. The van der Waals surface area contributed by atoms with Crippen LogP contribution in [0.25, 0.3) is 0 Å². The summed E-state index contributed by atoms with van der Waals surface area (Å²) in [5.74, 6) is -0.00622. The normalized spacial score (nSPS) is 18.9. The first kappa shape index (κ1) is 17.9. The third-order valence-corrected chi connectivity index (χ3v) is 7.09. The molecule has 0 bridgehead atoms. The number of aryl methyl sites for hydroxylation is 1. The van der Waals surface area contributed by atoms with E-state index >= 15 is 0 Å². The molecule has 0 saturated carbocycles. The molecule has 2 heterocycles. The van der Waals surface area contributed by atoms with E-state index in [1.165, 1.54) is 17.3 Å². The highest BCUT2D eigenvalue weighted by Crippen LogP contribution is 2.30. The van der Waals surface area contributed by atoms with E-state index < -0.39 is 9.84 Å². The zero-order chi connectivity index (χ0) is 18.0. The van der Waals surface area contributed by atoms with E-state index in [-0.39, 0.29) is 23.5 Å². The van der Waals surface area contributed by atoms with E-state index in [0.29, 0.717) is 17.0 Å². The zero-order valence-corrected chi connectivity index (χ0v) is 15.8. The van der Waals surface area contributed by atoms with Crippen LogP contribution in [0.3, 0.4) is 0 Å². The minimum Gasteiger partial charge on any atom is -0.338 e. The molecule has 1 fully saturated rings. The SMILES string of the molecule is Cc1ccc(Sc2ncccc2C(=O)N(C)[C@H]2CCS(=O)(=O)C2)cc1. The Labute approximate surface area is 152 Å². The molecule has 25 heavy (non-hydrogen) atoms. The van der Waals surface area contributed by atoms with Gasteiger partial charge in [-0.05, 0) is 37.6 Å². The molecule has 5 nitrogen and oxygen atoms in total. The van der Waals surface area contributed by atoms with Gasteiger partial charge in [-0.1, -0.05) is 29.5 Å². The summed E-state index contributed by atoms with van der Waals surface area (Å²) in [4.78, 5) is 19.8. The topological polar surface area (TPSA) is 67.3 Å². The van der Waals surface area contributed by atoms with Crippen molar-refractivity contribution in [2.75, 3.05) is 18.6 Å². The maximum atomic E-state index is 12.9. The van der Waals surface area contributed by atoms with Crippen LogP contribution < -0.4 is 0 Å². The number of sulfone groups is 1. The van der Waals surface area contributed by atoms with E-state index in [9.17, 15) is 13.2 Å². The van der Waals surface area contributed by atoms with Gasteiger partial charge in [-0.2, -0.15) is 0 Å². The number of pyridine rings is 1. The third kappa shape index (κ3) is 4.22. The van der Waals surface area contributed by atoms with Crippen LogP contribution in [-0.2, 0) is 9.84 Å². The number of aromatic nitrogens is 1. The zero-order valence-electron chi connectivity index (χ0n) is 14.2. The lowest BCUT2D eigenvalue weighted by atomic mass is 10.2. The van der Waals surface area contributed by atoms with Gasteiger partial charge in [0.1, 0.15) is 5.03 Å². The number of hydrogen-bond donors (Lipinski definition) is 0. The van der Waals surface area contributed by atoms with E-state index in [0.717, 1.165) is 4.90 Å². The maximum absolute atomic E-state index is 12.9. The van der Waals surface area contributed by atoms with Gasteiger partial charge in [-0.3, -0.25) is 4.79 Å². The van der Waals surface area contributed by atoms with Crippen molar-refractivity contribution >= 4 is 27.5 Å². The van der Waals surface area contributed by atoms with Crippen LogP contribution in [-0.4, -0.2) is 48.8 Å². The van der Waals surface area contributed by atoms with Gasteiger partial charge >= 0.3 is 0 Å². The second-order valence-corrected chi connectivity index (χ2v) is 9.54. The van der Waals surface area contributed by atoms with Crippen molar-refractivity contribution in [1.82, 2.24) is 9.88 Å².